The predicted octanol–water partition coefficient (Wildman–Crippen LogP) is 3.61. The minimum absolute atomic E-state index is 0.0453. The number of rotatable bonds is 6. The first-order valence-corrected chi connectivity index (χ1v) is 12.2. The number of piperidine rings is 2. The number of amides is 2. The Morgan fingerprint density at radius 1 is 0.909 bits per heavy atom. The SMILES string of the molecule is O=C(NCc1ccccc1Cl)C1CCN(C2CCN(C(=O)Cc3ccccc3O)CC2)CC1. The second-order valence-corrected chi connectivity index (χ2v) is 9.44. The smallest absolute Gasteiger partial charge is 0.227 e. The number of para-hydroxylation sites is 1. The highest BCUT2D eigenvalue weighted by Crippen LogP contribution is 2.25. The number of nitrogens with zero attached hydrogens (tertiary/aromatic N) is 2. The van der Waals surface area contributed by atoms with Gasteiger partial charge in [0.15, 0.2) is 0 Å². The van der Waals surface area contributed by atoms with Crippen molar-refractivity contribution in [2.45, 2.75) is 44.7 Å². The van der Waals surface area contributed by atoms with Crippen LogP contribution in [-0.2, 0) is 22.6 Å². The Balaban J connectivity index is 1.18. The van der Waals surface area contributed by atoms with Crippen LogP contribution in [0.3, 0.4) is 0 Å². The maximum absolute atomic E-state index is 12.7. The number of phenols is 1. The van der Waals surface area contributed by atoms with Gasteiger partial charge < -0.3 is 20.2 Å². The third-order valence-corrected chi connectivity index (χ3v) is 7.35. The molecule has 0 saturated carbocycles. The largest absolute Gasteiger partial charge is 0.508 e. The van der Waals surface area contributed by atoms with Crippen molar-refractivity contribution in [1.82, 2.24) is 15.1 Å². The van der Waals surface area contributed by atoms with Gasteiger partial charge in [0.1, 0.15) is 5.75 Å². The van der Waals surface area contributed by atoms with E-state index >= 15 is 0 Å². The van der Waals surface area contributed by atoms with Gasteiger partial charge in [-0.1, -0.05) is 48.0 Å². The Hall–Kier alpha value is -2.57. The number of phenolic OH excluding ortho intramolecular Hbond substituents is 1. The zero-order valence-electron chi connectivity index (χ0n) is 18.9. The van der Waals surface area contributed by atoms with Crippen molar-refractivity contribution in [3.8, 4) is 5.75 Å². The Kier molecular flexibility index (Phi) is 7.89. The molecule has 6 nitrogen and oxygen atoms in total. The van der Waals surface area contributed by atoms with E-state index in [4.69, 9.17) is 11.6 Å². The van der Waals surface area contributed by atoms with Gasteiger partial charge in [0.2, 0.25) is 11.8 Å². The Morgan fingerprint density at radius 2 is 1.55 bits per heavy atom. The number of benzene rings is 2. The van der Waals surface area contributed by atoms with Crippen molar-refractivity contribution in [2.75, 3.05) is 26.2 Å². The molecule has 2 amide bonds. The summed E-state index contributed by atoms with van der Waals surface area (Å²) in [7, 11) is 0. The average molecular weight is 470 g/mol. The average Bonchev–Trinajstić information content (AvgIpc) is 2.85. The lowest BCUT2D eigenvalue weighted by Gasteiger charge is -2.41. The van der Waals surface area contributed by atoms with Gasteiger partial charge in [-0.05, 0) is 56.5 Å². The molecule has 0 radical (unpaired) electrons. The van der Waals surface area contributed by atoms with Crippen LogP contribution < -0.4 is 5.32 Å². The number of aromatic hydroxyl groups is 1. The zero-order valence-corrected chi connectivity index (χ0v) is 19.6. The molecule has 0 bridgehead atoms. The van der Waals surface area contributed by atoms with Crippen LogP contribution in [0.1, 0.15) is 36.8 Å². The molecular weight excluding hydrogens is 438 g/mol. The van der Waals surface area contributed by atoms with Crippen molar-refractivity contribution < 1.29 is 14.7 Å². The van der Waals surface area contributed by atoms with E-state index in [1.54, 1.807) is 18.2 Å². The molecule has 0 aliphatic carbocycles. The molecule has 2 aliphatic rings. The van der Waals surface area contributed by atoms with E-state index in [9.17, 15) is 14.7 Å². The van der Waals surface area contributed by atoms with Crippen molar-refractivity contribution >= 4 is 23.4 Å². The van der Waals surface area contributed by atoms with Gasteiger partial charge in [0, 0.05) is 42.2 Å². The molecule has 0 unspecified atom stereocenters. The van der Waals surface area contributed by atoms with Gasteiger partial charge in [-0.2, -0.15) is 0 Å². The minimum Gasteiger partial charge on any atom is -0.508 e. The summed E-state index contributed by atoms with van der Waals surface area (Å²) in [6, 6.07) is 15.1. The quantitative estimate of drug-likeness (QED) is 0.678. The number of halogens is 1. The lowest BCUT2D eigenvalue weighted by molar-refractivity contribution is -0.132. The highest BCUT2D eigenvalue weighted by molar-refractivity contribution is 6.31. The van der Waals surface area contributed by atoms with Crippen LogP contribution in [0.2, 0.25) is 5.02 Å². The van der Waals surface area contributed by atoms with E-state index in [0.717, 1.165) is 57.4 Å². The summed E-state index contributed by atoms with van der Waals surface area (Å²) in [5, 5.41) is 13.6. The molecule has 0 spiro atoms. The molecule has 2 heterocycles. The monoisotopic (exact) mass is 469 g/mol. The fraction of sp³-hybridized carbons (Fsp3) is 0.462. The Morgan fingerprint density at radius 3 is 2.21 bits per heavy atom. The first-order chi connectivity index (χ1) is 16.0. The fourth-order valence-electron chi connectivity index (χ4n) is 4.91. The van der Waals surface area contributed by atoms with E-state index in [2.05, 4.69) is 10.2 Å². The number of carbonyl (C=O) groups excluding carboxylic acids is 2. The van der Waals surface area contributed by atoms with E-state index in [-0.39, 0.29) is 29.9 Å². The first-order valence-electron chi connectivity index (χ1n) is 11.8. The van der Waals surface area contributed by atoms with Crippen LogP contribution in [0, 0.1) is 5.92 Å². The van der Waals surface area contributed by atoms with E-state index in [1.165, 1.54) is 0 Å². The highest BCUT2D eigenvalue weighted by Gasteiger charge is 2.31. The van der Waals surface area contributed by atoms with Crippen LogP contribution in [-0.4, -0.2) is 58.9 Å². The molecule has 176 valence electrons. The van der Waals surface area contributed by atoms with Gasteiger partial charge in [-0.3, -0.25) is 9.59 Å². The maximum Gasteiger partial charge on any atom is 0.227 e. The van der Waals surface area contributed by atoms with Gasteiger partial charge >= 0.3 is 0 Å². The molecule has 0 atom stereocenters. The molecule has 7 heteroatoms. The second kappa shape index (κ2) is 11.0. The van der Waals surface area contributed by atoms with Crippen LogP contribution in [0.25, 0.3) is 0 Å². The normalized spacial score (nSPS) is 18.3. The fourth-order valence-corrected chi connectivity index (χ4v) is 5.11. The van der Waals surface area contributed by atoms with Crippen LogP contribution in [0.5, 0.6) is 5.75 Å². The minimum atomic E-state index is 0.0453. The maximum atomic E-state index is 12.7. The molecule has 2 aliphatic heterocycles. The number of hydrogen-bond donors (Lipinski definition) is 2. The van der Waals surface area contributed by atoms with E-state index in [0.29, 0.717) is 23.2 Å². The van der Waals surface area contributed by atoms with Crippen molar-refractivity contribution in [3.63, 3.8) is 0 Å². The van der Waals surface area contributed by atoms with Crippen LogP contribution in [0.15, 0.2) is 48.5 Å². The van der Waals surface area contributed by atoms with Crippen molar-refractivity contribution in [2.24, 2.45) is 5.92 Å². The summed E-state index contributed by atoms with van der Waals surface area (Å²) in [4.78, 5) is 29.7. The lowest BCUT2D eigenvalue weighted by Crippen LogP contribution is -2.50. The van der Waals surface area contributed by atoms with E-state index < -0.39 is 0 Å². The Bertz CT molecular complexity index is 967. The summed E-state index contributed by atoms with van der Waals surface area (Å²) in [6.45, 7) is 3.79. The summed E-state index contributed by atoms with van der Waals surface area (Å²) < 4.78 is 0. The molecule has 2 N–H and O–H groups in total. The second-order valence-electron chi connectivity index (χ2n) is 9.04. The molecule has 2 aromatic carbocycles. The zero-order chi connectivity index (χ0) is 23.2. The third kappa shape index (κ3) is 6.06. The first kappa shape index (κ1) is 23.6. The van der Waals surface area contributed by atoms with Gasteiger partial charge in [0.25, 0.3) is 0 Å². The standard InChI is InChI=1S/C26H32ClN3O3/c27-23-7-3-1-6-21(23)18-28-26(33)19-9-13-29(14-10-19)22-11-15-30(16-12-22)25(32)17-20-5-2-4-8-24(20)31/h1-8,19,22,31H,9-18H2,(H,28,33). The molecule has 4 rings (SSSR count). The molecule has 0 aromatic heterocycles. The van der Waals surface area contributed by atoms with Gasteiger partial charge in [-0.25, -0.2) is 0 Å². The number of hydrogen-bond acceptors (Lipinski definition) is 4. The van der Waals surface area contributed by atoms with Gasteiger partial charge in [-0.15, -0.1) is 0 Å². The van der Waals surface area contributed by atoms with E-state index in [1.807, 2.05) is 35.2 Å². The molecular formula is C26H32ClN3O3. The summed E-state index contributed by atoms with van der Waals surface area (Å²) in [6.07, 6.45) is 3.87. The topological polar surface area (TPSA) is 72.9 Å². The molecule has 2 saturated heterocycles. The molecule has 2 fully saturated rings. The molecule has 2 aromatic rings. The number of likely N-dealkylation sites (tertiary alicyclic amines) is 2. The van der Waals surface area contributed by atoms with Crippen molar-refractivity contribution in [3.05, 3.63) is 64.7 Å². The Labute approximate surface area is 200 Å². The highest BCUT2D eigenvalue weighted by atomic mass is 35.5. The number of carbonyl (C=O) groups is 2. The summed E-state index contributed by atoms with van der Waals surface area (Å²) in [5.74, 6) is 0.409. The number of nitrogens with one attached hydrogen (secondary N) is 1. The van der Waals surface area contributed by atoms with Crippen molar-refractivity contribution in [1.29, 1.82) is 0 Å². The van der Waals surface area contributed by atoms with Crippen LogP contribution >= 0.6 is 11.6 Å². The van der Waals surface area contributed by atoms with Gasteiger partial charge in [0.05, 0.1) is 6.42 Å². The van der Waals surface area contributed by atoms with Crippen LogP contribution in [0.4, 0.5) is 0 Å². The lowest BCUT2D eigenvalue weighted by atomic mass is 9.92. The third-order valence-electron chi connectivity index (χ3n) is 6.98. The summed E-state index contributed by atoms with van der Waals surface area (Å²) in [5.41, 5.74) is 1.62. The molecule has 33 heavy (non-hydrogen) atoms. The summed E-state index contributed by atoms with van der Waals surface area (Å²) >= 11 is 6.18. The predicted molar refractivity (Wildman–Crippen MR) is 129 cm³/mol.